The maximum atomic E-state index is 12.7. The monoisotopic (exact) mass is 474 g/mol. The maximum absolute atomic E-state index is 12.7. The van der Waals surface area contributed by atoms with Crippen molar-refractivity contribution < 1.29 is 9.21 Å². The summed E-state index contributed by atoms with van der Waals surface area (Å²) in [5.74, 6) is 1.93. The lowest BCUT2D eigenvalue weighted by Gasteiger charge is -2.30. The Kier molecular flexibility index (Phi) is 6.37. The predicted octanol–water partition coefficient (Wildman–Crippen LogP) is 4.67. The Bertz CT molecular complexity index is 1320. The topological polar surface area (TPSA) is 81.1 Å². The molecule has 1 aliphatic rings. The highest BCUT2D eigenvalue weighted by molar-refractivity contribution is 7.71. The normalized spacial score (nSPS) is 14.9. The third-order valence-electron chi connectivity index (χ3n) is 6.05. The van der Waals surface area contributed by atoms with Gasteiger partial charge in [0, 0.05) is 25.2 Å². The summed E-state index contributed by atoms with van der Waals surface area (Å²) in [6.07, 6.45) is 4.89. The minimum Gasteiger partial charge on any atom is -0.461 e. The highest BCUT2D eigenvalue weighted by Gasteiger charge is 2.26. The fourth-order valence-electron chi connectivity index (χ4n) is 4.23. The van der Waals surface area contributed by atoms with Gasteiger partial charge >= 0.3 is 0 Å². The number of nitrogens with one attached hydrogen (secondary N) is 1. The number of hydrogen-bond acceptors (Lipinski definition) is 6. The number of amides is 1. The van der Waals surface area contributed by atoms with E-state index in [4.69, 9.17) is 21.7 Å². The first-order valence-electron chi connectivity index (χ1n) is 11.3. The zero-order valence-corrected chi connectivity index (χ0v) is 19.7. The van der Waals surface area contributed by atoms with Gasteiger partial charge < -0.3 is 9.73 Å². The van der Waals surface area contributed by atoms with Crippen molar-refractivity contribution in [2.45, 2.75) is 26.4 Å². The predicted molar refractivity (Wildman–Crippen MR) is 132 cm³/mol. The number of benzene rings is 1. The number of para-hydroxylation sites is 1. The van der Waals surface area contributed by atoms with Gasteiger partial charge in [-0.2, -0.15) is 0 Å². The zero-order chi connectivity index (χ0) is 23.5. The van der Waals surface area contributed by atoms with E-state index in [1.807, 2.05) is 70.8 Å². The molecule has 0 spiro atoms. The van der Waals surface area contributed by atoms with Crippen molar-refractivity contribution in [1.82, 2.24) is 24.2 Å². The Morgan fingerprint density at radius 2 is 1.94 bits per heavy atom. The SMILES string of the molecule is Cc1ccnc(NC(=O)C2CCN(Cn3nc(-c4ccco4)n(-c4ccccc4)c3=S)CC2)c1. The van der Waals surface area contributed by atoms with E-state index in [-0.39, 0.29) is 11.8 Å². The van der Waals surface area contributed by atoms with Gasteiger partial charge in [0.1, 0.15) is 5.82 Å². The quantitative estimate of drug-likeness (QED) is 0.409. The molecule has 9 heteroatoms. The van der Waals surface area contributed by atoms with Gasteiger partial charge in [0.05, 0.1) is 18.6 Å². The van der Waals surface area contributed by atoms with E-state index in [0.29, 0.717) is 28.8 Å². The minimum absolute atomic E-state index is 0.0304. The molecule has 34 heavy (non-hydrogen) atoms. The number of hydrogen-bond donors (Lipinski definition) is 1. The molecule has 8 nitrogen and oxygen atoms in total. The smallest absolute Gasteiger partial charge is 0.228 e. The Morgan fingerprint density at radius 3 is 2.65 bits per heavy atom. The van der Waals surface area contributed by atoms with Crippen LogP contribution in [0.3, 0.4) is 0 Å². The first kappa shape index (κ1) is 22.2. The summed E-state index contributed by atoms with van der Waals surface area (Å²) in [7, 11) is 0. The van der Waals surface area contributed by atoms with Crippen molar-refractivity contribution in [2.75, 3.05) is 18.4 Å². The van der Waals surface area contributed by atoms with Gasteiger partial charge in [-0.3, -0.25) is 14.3 Å². The molecule has 0 aliphatic carbocycles. The summed E-state index contributed by atoms with van der Waals surface area (Å²) in [4.78, 5) is 19.2. The Labute approximate surface area is 202 Å². The standard InChI is InChI=1S/C25H26N6O2S/c1-18-9-12-26-22(16-18)27-24(32)19-10-13-29(14-11-19)17-30-25(34)31(20-6-3-2-4-7-20)23(28-30)21-8-5-15-33-21/h2-9,12,15-16,19H,10-11,13-14,17H2,1H3,(H,26,27,32). The van der Waals surface area contributed by atoms with Gasteiger partial charge in [-0.1, -0.05) is 18.2 Å². The van der Waals surface area contributed by atoms with E-state index in [1.54, 1.807) is 12.5 Å². The number of aryl methyl sites for hydroxylation is 1. The number of pyridine rings is 1. The Hall–Kier alpha value is -3.56. The van der Waals surface area contributed by atoms with Crippen LogP contribution in [0.25, 0.3) is 17.3 Å². The van der Waals surface area contributed by atoms with Gasteiger partial charge in [0.15, 0.2) is 5.76 Å². The molecule has 1 N–H and O–H groups in total. The lowest BCUT2D eigenvalue weighted by atomic mass is 9.96. The van der Waals surface area contributed by atoms with Crippen molar-refractivity contribution in [3.63, 3.8) is 0 Å². The molecule has 0 saturated carbocycles. The first-order chi connectivity index (χ1) is 16.6. The molecule has 0 atom stereocenters. The first-order valence-corrected chi connectivity index (χ1v) is 11.7. The summed E-state index contributed by atoms with van der Waals surface area (Å²) in [5.41, 5.74) is 2.01. The van der Waals surface area contributed by atoms with Crippen molar-refractivity contribution in [2.24, 2.45) is 5.92 Å². The number of furan rings is 1. The van der Waals surface area contributed by atoms with Gasteiger partial charge in [0.2, 0.25) is 16.5 Å². The summed E-state index contributed by atoms with van der Waals surface area (Å²) in [6.45, 7) is 4.11. The van der Waals surface area contributed by atoms with Crippen LogP contribution in [-0.4, -0.2) is 43.2 Å². The van der Waals surface area contributed by atoms with Crippen LogP contribution in [-0.2, 0) is 11.5 Å². The van der Waals surface area contributed by atoms with E-state index in [1.165, 1.54) is 0 Å². The third-order valence-corrected chi connectivity index (χ3v) is 6.45. The summed E-state index contributed by atoms with van der Waals surface area (Å²) < 4.78 is 9.99. The number of carbonyl (C=O) groups is 1. The van der Waals surface area contributed by atoms with Crippen molar-refractivity contribution in [3.05, 3.63) is 77.4 Å². The number of nitrogens with zero attached hydrogens (tertiary/aromatic N) is 5. The molecular formula is C25H26N6O2S. The maximum Gasteiger partial charge on any atom is 0.228 e. The van der Waals surface area contributed by atoms with Gasteiger partial charge in [-0.05, 0) is 73.9 Å². The van der Waals surface area contributed by atoms with Gasteiger partial charge in [-0.25, -0.2) is 9.67 Å². The second-order valence-electron chi connectivity index (χ2n) is 8.50. The molecule has 174 valence electrons. The Morgan fingerprint density at radius 1 is 1.15 bits per heavy atom. The van der Waals surface area contributed by atoms with Crippen molar-refractivity contribution in [3.8, 4) is 17.3 Å². The van der Waals surface area contributed by atoms with E-state index >= 15 is 0 Å². The highest BCUT2D eigenvalue weighted by atomic mass is 32.1. The molecule has 0 bridgehead atoms. The lowest BCUT2D eigenvalue weighted by molar-refractivity contribution is -0.121. The van der Waals surface area contributed by atoms with Crippen molar-refractivity contribution >= 4 is 23.9 Å². The number of carbonyl (C=O) groups excluding carboxylic acids is 1. The zero-order valence-electron chi connectivity index (χ0n) is 18.9. The fraction of sp³-hybridized carbons (Fsp3) is 0.280. The second kappa shape index (κ2) is 9.74. The minimum atomic E-state index is -0.0351. The van der Waals surface area contributed by atoms with Crippen LogP contribution in [0.2, 0.25) is 0 Å². The molecule has 4 aromatic rings. The molecule has 1 amide bonds. The van der Waals surface area contributed by atoms with Crippen LogP contribution in [0, 0.1) is 17.6 Å². The number of piperidine rings is 1. The number of anilines is 1. The molecule has 1 fully saturated rings. The molecule has 1 aliphatic heterocycles. The van der Waals surface area contributed by atoms with Crippen LogP contribution in [0.1, 0.15) is 18.4 Å². The highest BCUT2D eigenvalue weighted by Crippen LogP contribution is 2.24. The van der Waals surface area contributed by atoms with E-state index in [9.17, 15) is 4.79 Å². The Balaban J connectivity index is 1.28. The number of rotatable bonds is 6. The largest absolute Gasteiger partial charge is 0.461 e. The van der Waals surface area contributed by atoms with Crippen molar-refractivity contribution in [1.29, 1.82) is 0 Å². The molecule has 1 aromatic carbocycles. The van der Waals surface area contributed by atoms with Crippen LogP contribution in [0.5, 0.6) is 0 Å². The van der Waals surface area contributed by atoms with Gasteiger partial charge in [-0.15, -0.1) is 5.10 Å². The van der Waals surface area contributed by atoms with Crippen LogP contribution >= 0.6 is 12.2 Å². The average molecular weight is 475 g/mol. The fourth-order valence-corrected chi connectivity index (χ4v) is 4.52. The van der Waals surface area contributed by atoms with Crippen LogP contribution in [0.15, 0.2) is 71.5 Å². The second-order valence-corrected chi connectivity index (χ2v) is 8.86. The summed E-state index contributed by atoms with van der Waals surface area (Å²) in [6, 6.07) is 17.4. The lowest BCUT2D eigenvalue weighted by Crippen LogP contribution is -2.39. The molecule has 5 rings (SSSR count). The van der Waals surface area contributed by atoms with E-state index < -0.39 is 0 Å². The van der Waals surface area contributed by atoms with Crippen LogP contribution < -0.4 is 5.32 Å². The molecule has 0 unspecified atom stereocenters. The van der Waals surface area contributed by atoms with Gasteiger partial charge in [0.25, 0.3) is 0 Å². The summed E-state index contributed by atoms with van der Waals surface area (Å²) in [5, 5.41) is 7.75. The van der Waals surface area contributed by atoms with E-state index in [2.05, 4.69) is 15.2 Å². The molecule has 1 saturated heterocycles. The number of likely N-dealkylation sites (tertiary alicyclic amines) is 1. The average Bonchev–Trinajstić information content (AvgIpc) is 3.49. The molecule has 4 heterocycles. The number of aromatic nitrogens is 4. The summed E-state index contributed by atoms with van der Waals surface area (Å²) >= 11 is 5.81. The molecule has 3 aromatic heterocycles. The van der Waals surface area contributed by atoms with Crippen LogP contribution in [0.4, 0.5) is 5.82 Å². The molecule has 0 radical (unpaired) electrons. The molecular weight excluding hydrogens is 448 g/mol. The van der Waals surface area contributed by atoms with E-state index in [0.717, 1.165) is 37.2 Å². The third kappa shape index (κ3) is 4.71.